The molecule has 1 aromatic carbocycles. The summed E-state index contributed by atoms with van der Waals surface area (Å²) in [6, 6.07) is 7.86. The van der Waals surface area contributed by atoms with Crippen LogP contribution < -0.4 is 0 Å². The SMILES string of the molecule is CCCCOC1[C@@H](OCCCC)C(COCCSCC(C)CSCCN=[N+]=[N-])O[C@@H](OC(=Nc2ccccc2)C(F)(F)F)[C@H]1OCCCC. The molecule has 1 aliphatic rings. The minimum absolute atomic E-state index is 0.0779. The Kier molecular flexibility index (Phi) is 23.2. The number of aliphatic imine (C=N–C) groups is 1. The second-order valence-corrected chi connectivity index (χ2v) is 14.1. The molecule has 0 amide bonds. The Morgan fingerprint density at radius 3 is 2.06 bits per heavy atom. The van der Waals surface area contributed by atoms with Gasteiger partial charge in [-0.15, -0.1) is 0 Å². The smallest absolute Gasteiger partial charge is 0.441 e. The normalized spacial score (nSPS) is 22.1. The van der Waals surface area contributed by atoms with Crippen LogP contribution in [-0.2, 0) is 28.4 Å². The van der Waals surface area contributed by atoms with E-state index < -0.39 is 42.8 Å². The predicted octanol–water partition coefficient (Wildman–Crippen LogP) is 9.01. The summed E-state index contributed by atoms with van der Waals surface area (Å²) in [5, 5.41) is 3.56. The van der Waals surface area contributed by atoms with E-state index in [1.165, 1.54) is 12.1 Å². The van der Waals surface area contributed by atoms with Crippen LogP contribution in [0.3, 0.4) is 0 Å². The third-order valence-electron chi connectivity index (χ3n) is 7.33. The minimum atomic E-state index is -4.89. The molecule has 49 heavy (non-hydrogen) atoms. The first kappa shape index (κ1) is 43.5. The highest BCUT2D eigenvalue weighted by Gasteiger charge is 2.52. The Morgan fingerprint density at radius 1 is 0.878 bits per heavy atom. The van der Waals surface area contributed by atoms with Crippen LogP contribution >= 0.6 is 23.5 Å². The molecular formula is C34H55F3N4O6S2. The topological polar surface area (TPSA) is 117 Å². The summed E-state index contributed by atoms with van der Waals surface area (Å²) >= 11 is 3.53. The van der Waals surface area contributed by atoms with Crippen molar-refractivity contribution in [2.45, 2.75) is 103 Å². The van der Waals surface area contributed by atoms with Crippen LogP contribution in [0.2, 0.25) is 0 Å². The fourth-order valence-electron chi connectivity index (χ4n) is 4.74. The Morgan fingerprint density at radius 2 is 1.47 bits per heavy atom. The molecule has 15 heteroatoms. The molecule has 3 unspecified atom stereocenters. The number of ether oxygens (including phenoxy) is 6. The molecule has 1 heterocycles. The molecule has 1 saturated heterocycles. The summed E-state index contributed by atoms with van der Waals surface area (Å²) < 4.78 is 80.0. The monoisotopic (exact) mass is 736 g/mol. The molecule has 1 aromatic rings. The zero-order valence-corrected chi connectivity index (χ0v) is 31.0. The minimum Gasteiger partial charge on any atom is -0.441 e. The predicted molar refractivity (Wildman–Crippen MR) is 192 cm³/mol. The van der Waals surface area contributed by atoms with E-state index >= 15 is 0 Å². The number of hydrogen-bond acceptors (Lipinski definition) is 10. The van der Waals surface area contributed by atoms with Crippen LogP contribution in [-0.4, -0.2) is 105 Å². The van der Waals surface area contributed by atoms with Crippen LogP contribution in [0.1, 0.15) is 66.2 Å². The van der Waals surface area contributed by atoms with Gasteiger partial charge in [0.2, 0.25) is 6.29 Å². The van der Waals surface area contributed by atoms with Gasteiger partial charge in [-0.3, -0.25) is 0 Å². The number of halogens is 3. The molecule has 10 nitrogen and oxygen atoms in total. The van der Waals surface area contributed by atoms with E-state index in [0.29, 0.717) is 45.3 Å². The lowest BCUT2D eigenvalue weighted by molar-refractivity contribution is -0.310. The van der Waals surface area contributed by atoms with Crippen molar-refractivity contribution in [2.24, 2.45) is 16.0 Å². The van der Waals surface area contributed by atoms with Gasteiger partial charge in [0, 0.05) is 37.0 Å². The molecule has 280 valence electrons. The molecule has 0 bridgehead atoms. The van der Waals surface area contributed by atoms with Gasteiger partial charge in [0.05, 0.1) is 18.9 Å². The number of azide groups is 1. The molecule has 6 atom stereocenters. The van der Waals surface area contributed by atoms with E-state index in [2.05, 4.69) is 28.9 Å². The van der Waals surface area contributed by atoms with Crippen molar-refractivity contribution in [1.29, 1.82) is 0 Å². The zero-order valence-electron chi connectivity index (χ0n) is 29.4. The molecule has 0 aliphatic carbocycles. The summed E-state index contributed by atoms with van der Waals surface area (Å²) in [4.78, 5) is 6.58. The highest BCUT2D eigenvalue weighted by atomic mass is 32.2. The van der Waals surface area contributed by atoms with E-state index in [1.807, 2.05) is 13.8 Å². The number of hydrogen-bond donors (Lipinski definition) is 0. The molecule has 0 aromatic heterocycles. The Balaban J connectivity index is 2.24. The number of para-hydroxylation sites is 1. The highest BCUT2D eigenvalue weighted by molar-refractivity contribution is 8.00. The Hall–Kier alpha value is -1.71. The summed E-state index contributed by atoms with van der Waals surface area (Å²) in [6.45, 7) is 10.4. The fourth-order valence-corrected chi connectivity index (χ4v) is 6.71. The molecule has 0 radical (unpaired) electrons. The van der Waals surface area contributed by atoms with E-state index in [-0.39, 0.29) is 12.3 Å². The Bertz CT molecular complexity index is 1070. The summed E-state index contributed by atoms with van der Waals surface area (Å²) in [5.74, 6) is 2.50. The molecule has 0 saturated carbocycles. The zero-order chi connectivity index (χ0) is 35.7. The average Bonchev–Trinajstić information content (AvgIpc) is 3.08. The highest BCUT2D eigenvalue weighted by Crippen LogP contribution is 2.33. The second-order valence-electron chi connectivity index (χ2n) is 11.8. The first-order chi connectivity index (χ1) is 23.7. The number of thioether (sulfide) groups is 2. The maximum atomic E-state index is 14.4. The van der Waals surface area contributed by atoms with Crippen LogP contribution in [0.4, 0.5) is 18.9 Å². The summed E-state index contributed by atoms with van der Waals surface area (Å²) in [7, 11) is 0. The summed E-state index contributed by atoms with van der Waals surface area (Å²) in [5.41, 5.74) is 8.50. The van der Waals surface area contributed by atoms with Gasteiger partial charge in [-0.2, -0.15) is 36.7 Å². The van der Waals surface area contributed by atoms with Gasteiger partial charge >= 0.3 is 6.18 Å². The third-order valence-corrected chi connectivity index (χ3v) is 9.87. The van der Waals surface area contributed by atoms with Crippen LogP contribution in [0.25, 0.3) is 10.4 Å². The third kappa shape index (κ3) is 17.9. The Labute approximate surface area is 298 Å². The van der Waals surface area contributed by atoms with Crippen molar-refractivity contribution < 1.29 is 41.6 Å². The van der Waals surface area contributed by atoms with Gasteiger partial charge in [-0.25, -0.2) is 4.99 Å². The van der Waals surface area contributed by atoms with Crippen molar-refractivity contribution in [3.05, 3.63) is 40.8 Å². The fraction of sp³-hybridized carbons (Fsp3) is 0.794. The first-order valence-corrected chi connectivity index (χ1v) is 19.7. The van der Waals surface area contributed by atoms with Gasteiger partial charge in [0.1, 0.15) is 24.4 Å². The molecule has 1 aliphatic heterocycles. The van der Waals surface area contributed by atoms with E-state index in [0.717, 1.165) is 55.1 Å². The van der Waals surface area contributed by atoms with Crippen molar-refractivity contribution in [3.63, 3.8) is 0 Å². The lowest BCUT2D eigenvalue weighted by atomic mass is 9.98. The number of alkyl halides is 3. The van der Waals surface area contributed by atoms with E-state index in [9.17, 15) is 13.2 Å². The van der Waals surface area contributed by atoms with Crippen molar-refractivity contribution in [1.82, 2.24) is 0 Å². The maximum absolute atomic E-state index is 14.4. The van der Waals surface area contributed by atoms with E-state index in [1.54, 1.807) is 41.7 Å². The van der Waals surface area contributed by atoms with Gasteiger partial charge in [0.15, 0.2) is 0 Å². The second kappa shape index (κ2) is 26.1. The lowest BCUT2D eigenvalue weighted by Crippen LogP contribution is -2.62. The number of unbranched alkanes of at least 4 members (excludes halogenated alkanes) is 3. The molecule has 0 spiro atoms. The standard InChI is InChI=1S/C34H55F3N4O6S2/c1-5-8-17-43-29-28(23-42-20-22-49-25-26(4)24-48-21-16-39-41-38)46-32(31(45-19-10-7-3)30(29)44-18-9-6-2)47-33(34(35,36)37)40-27-14-12-11-13-15-27/h11-15,26,28-32H,5-10,16-25H2,1-4H3/t26?,28?,29-,30?,31-,32-/m0/s1. The largest absolute Gasteiger partial charge is 0.468 e. The molecular weight excluding hydrogens is 682 g/mol. The molecule has 1 fully saturated rings. The number of rotatable bonds is 26. The lowest BCUT2D eigenvalue weighted by Gasteiger charge is -2.45. The van der Waals surface area contributed by atoms with Crippen molar-refractivity contribution in [3.8, 4) is 0 Å². The van der Waals surface area contributed by atoms with Crippen LogP contribution in [0.15, 0.2) is 40.4 Å². The van der Waals surface area contributed by atoms with Crippen LogP contribution in [0, 0.1) is 5.92 Å². The van der Waals surface area contributed by atoms with Gasteiger partial charge in [-0.1, -0.05) is 70.3 Å². The first-order valence-electron chi connectivity index (χ1n) is 17.4. The van der Waals surface area contributed by atoms with Gasteiger partial charge in [0.25, 0.3) is 5.90 Å². The quantitative estimate of drug-likeness (QED) is 0.0231. The van der Waals surface area contributed by atoms with Crippen molar-refractivity contribution in [2.75, 3.05) is 62.6 Å². The summed E-state index contributed by atoms with van der Waals surface area (Å²) in [6.07, 6.45) is -4.66. The van der Waals surface area contributed by atoms with Crippen LogP contribution in [0.5, 0.6) is 0 Å². The molecule has 0 N–H and O–H groups in total. The van der Waals surface area contributed by atoms with Gasteiger partial charge in [-0.05, 0) is 60.1 Å². The maximum Gasteiger partial charge on any atom is 0.468 e. The number of nitrogens with zero attached hydrogens (tertiary/aromatic N) is 4. The van der Waals surface area contributed by atoms with E-state index in [4.69, 9.17) is 34.0 Å². The van der Waals surface area contributed by atoms with Crippen molar-refractivity contribution >= 4 is 35.1 Å². The average molecular weight is 737 g/mol. The molecule has 2 rings (SSSR count). The van der Waals surface area contributed by atoms with Gasteiger partial charge < -0.3 is 28.4 Å². The number of benzene rings is 1.